The zero-order chi connectivity index (χ0) is 30.5. The van der Waals surface area contributed by atoms with Crippen LogP contribution in [0.2, 0.25) is 5.02 Å². The Bertz CT molecular complexity index is 1540. The van der Waals surface area contributed by atoms with Crippen molar-refractivity contribution in [2.45, 2.75) is 43.2 Å². The third-order valence-corrected chi connectivity index (χ3v) is 10.1. The van der Waals surface area contributed by atoms with E-state index in [1.54, 1.807) is 31.1 Å². The van der Waals surface area contributed by atoms with E-state index in [1.807, 2.05) is 41.3 Å². The van der Waals surface area contributed by atoms with Gasteiger partial charge in [0.15, 0.2) is 0 Å². The van der Waals surface area contributed by atoms with Gasteiger partial charge in [-0.25, -0.2) is 4.79 Å². The number of likely N-dealkylation sites (tertiary alicyclic amines) is 1. The van der Waals surface area contributed by atoms with Crippen molar-refractivity contribution in [1.82, 2.24) is 15.1 Å². The number of amides is 4. The summed E-state index contributed by atoms with van der Waals surface area (Å²) in [5.74, 6) is -0.275. The van der Waals surface area contributed by atoms with E-state index in [1.165, 1.54) is 0 Å². The first-order chi connectivity index (χ1) is 20.6. The lowest BCUT2D eigenvalue weighted by atomic mass is 9.57. The topological polar surface area (TPSA) is 91.0 Å². The van der Waals surface area contributed by atoms with E-state index in [0.29, 0.717) is 59.4 Å². The maximum atomic E-state index is 14.4. The van der Waals surface area contributed by atoms with Crippen LogP contribution in [0.5, 0.6) is 5.75 Å². The van der Waals surface area contributed by atoms with Gasteiger partial charge in [-0.1, -0.05) is 57.4 Å². The van der Waals surface area contributed by atoms with Crippen molar-refractivity contribution in [3.63, 3.8) is 0 Å². The van der Waals surface area contributed by atoms with Gasteiger partial charge in [0.1, 0.15) is 17.3 Å². The molecule has 4 aliphatic rings. The lowest BCUT2D eigenvalue weighted by Gasteiger charge is -2.49. The Morgan fingerprint density at radius 3 is 2.58 bits per heavy atom. The van der Waals surface area contributed by atoms with Crippen LogP contribution in [0, 0.1) is 11.8 Å². The van der Waals surface area contributed by atoms with E-state index >= 15 is 0 Å². The molecular weight excluding hydrogens is 655 g/mol. The molecule has 43 heavy (non-hydrogen) atoms. The van der Waals surface area contributed by atoms with Gasteiger partial charge in [0.05, 0.1) is 6.04 Å². The lowest BCUT2D eigenvalue weighted by Crippen LogP contribution is -2.59. The third-order valence-electron chi connectivity index (χ3n) is 9.06. The highest BCUT2D eigenvalue weighted by Gasteiger charge is 2.62. The number of ether oxygens (including phenoxy) is 1. The highest BCUT2D eigenvalue weighted by Crippen LogP contribution is 2.58. The number of anilines is 1. The lowest BCUT2D eigenvalue weighted by molar-refractivity contribution is -0.135. The molecule has 2 saturated heterocycles. The molecule has 8 nitrogen and oxygen atoms in total. The minimum Gasteiger partial charge on any atom is -0.490 e. The number of carbonyl (C=O) groups excluding carboxylic acids is 3. The molecule has 226 valence electrons. The number of nitrogens with zero attached hydrogens (tertiary/aromatic N) is 2. The van der Waals surface area contributed by atoms with Crippen molar-refractivity contribution < 1.29 is 19.1 Å². The van der Waals surface area contributed by atoms with Crippen LogP contribution in [0.15, 0.2) is 64.1 Å². The highest BCUT2D eigenvalue weighted by molar-refractivity contribution is 9.10. The summed E-state index contributed by atoms with van der Waals surface area (Å²) >= 11 is 16.5. The number of fused-ring (bicyclic) bond motifs is 2. The minimum atomic E-state index is -1.16. The Balaban J connectivity index is 1.43. The number of piperidine rings is 2. The summed E-state index contributed by atoms with van der Waals surface area (Å²) in [6.45, 7) is 1.16. The number of carbonyl (C=O) groups is 3. The van der Waals surface area contributed by atoms with Crippen LogP contribution in [0.1, 0.15) is 42.9 Å². The Morgan fingerprint density at radius 2 is 1.86 bits per heavy atom. The monoisotopic (exact) mass is 686 g/mol. The van der Waals surface area contributed by atoms with E-state index in [9.17, 15) is 14.4 Å². The molecular formula is C32H33BrCl2N4O4. The molecule has 2 aromatic rings. The molecule has 4 atom stereocenters. The molecule has 1 unspecified atom stereocenters. The van der Waals surface area contributed by atoms with Crippen molar-refractivity contribution in [3.8, 4) is 5.75 Å². The van der Waals surface area contributed by atoms with E-state index < -0.39 is 11.5 Å². The number of benzene rings is 2. The molecule has 11 heteroatoms. The number of nitrogens with one attached hydrogen (secondary N) is 2. The summed E-state index contributed by atoms with van der Waals surface area (Å²) in [5.41, 5.74) is 0.981. The molecule has 3 aliphatic heterocycles. The zero-order valence-corrected chi connectivity index (χ0v) is 27.0. The Morgan fingerprint density at radius 1 is 1.09 bits per heavy atom. The fraction of sp³-hybridized carbons (Fsp3) is 0.406. The van der Waals surface area contributed by atoms with Gasteiger partial charge in [-0.2, -0.15) is 0 Å². The van der Waals surface area contributed by atoms with E-state index in [2.05, 4.69) is 32.6 Å². The second-order valence-corrected chi connectivity index (χ2v) is 13.7. The van der Waals surface area contributed by atoms with Crippen molar-refractivity contribution in [2.24, 2.45) is 11.8 Å². The fourth-order valence-electron chi connectivity index (χ4n) is 7.12. The predicted octanol–water partition coefficient (Wildman–Crippen LogP) is 6.39. The molecule has 0 radical (unpaired) electrons. The molecule has 2 fully saturated rings. The summed E-state index contributed by atoms with van der Waals surface area (Å²) in [4.78, 5) is 43.8. The van der Waals surface area contributed by atoms with Gasteiger partial charge in [0.25, 0.3) is 0 Å². The van der Waals surface area contributed by atoms with Gasteiger partial charge in [-0.05, 0) is 60.2 Å². The van der Waals surface area contributed by atoms with Crippen LogP contribution >= 0.6 is 39.1 Å². The van der Waals surface area contributed by atoms with Crippen LogP contribution in [-0.2, 0) is 15.0 Å². The molecule has 4 amide bonds. The minimum absolute atomic E-state index is 0.0154. The maximum absolute atomic E-state index is 14.4. The maximum Gasteiger partial charge on any atom is 0.319 e. The molecule has 3 heterocycles. The van der Waals surface area contributed by atoms with Gasteiger partial charge in [0.2, 0.25) is 11.8 Å². The molecule has 0 bridgehead atoms. The van der Waals surface area contributed by atoms with Gasteiger partial charge < -0.3 is 25.2 Å². The number of hydrogen-bond donors (Lipinski definition) is 2. The van der Waals surface area contributed by atoms with Crippen LogP contribution in [0.25, 0.3) is 0 Å². The Hall–Kier alpha value is -3.01. The second kappa shape index (κ2) is 11.8. The van der Waals surface area contributed by atoms with Gasteiger partial charge >= 0.3 is 6.03 Å². The molecule has 0 saturated carbocycles. The Kier molecular flexibility index (Phi) is 8.26. The van der Waals surface area contributed by atoms with Gasteiger partial charge in [0, 0.05) is 72.2 Å². The van der Waals surface area contributed by atoms with Crippen LogP contribution in [-0.4, -0.2) is 60.9 Å². The number of rotatable bonds is 4. The molecule has 1 aliphatic carbocycles. The summed E-state index contributed by atoms with van der Waals surface area (Å²) in [5, 5.41) is 7.50. The number of urea groups is 1. The molecule has 1 spiro atoms. The first-order valence-electron chi connectivity index (χ1n) is 14.4. The summed E-state index contributed by atoms with van der Waals surface area (Å²) in [6.07, 6.45) is 7.70. The first kappa shape index (κ1) is 30.0. The smallest absolute Gasteiger partial charge is 0.319 e. The average Bonchev–Trinajstić information content (AvgIpc) is 3.25. The van der Waals surface area contributed by atoms with Crippen LogP contribution in [0.3, 0.4) is 0 Å². The van der Waals surface area contributed by atoms with Crippen LogP contribution < -0.4 is 15.4 Å². The number of halogens is 3. The summed E-state index contributed by atoms with van der Waals surface area (Å²) in [6, 6.07) is 10.4. The van der Waals surface area contributed by atoms with Crippen molar-refractivity contribution in [3.05, 3.63) is 80.3 Å². The Labute approximate surface area is 269 Å². The highest BCUT2D eigenvalue weighted by atomic mass is 79.9. The molecule has 0 aromatic heterocycles. The third kappa shape index (κ3) is 5.44. The second-order valence-electron chi connectivity index (χ2n) is 11.9. The number of hydrogen-bond acceptors (Lipinski definition) is 4. The van der Waals surface area contributed by atoms with E-state index in [0.717, 1.165) is 10.0 Å². The van der Waals surface area contributed by atoms with E-state index in [4.69, 9.17) is 27.9 Å². The molecule has 2 aromatic carbocycles. The van der Waals surface area contributed by atoms with Crippen molar-refractivity contribution in [1.29, 1.82) is 0 Å². The molecule has 6 rings (SSSR count). The number of allylic oxidation sites excluding steroid dienone is 4. The zero-order valence-electron chi connectivity index (χ0n) is 23.9. The summed E-state index contributed by atoms with van der Waals surface area (Å²) in [7, 11) is 3.50. The van der Waals surface area contributed by atoms with E-state index in [-0.39, 0.29) is 42.2 Å². The SMILES string of the molecule is CN(C)C(=O)N1CCC(Oc2ccc(Br)cc2[C@H]2NC(=O)C[C@@H](C3C=CC=C(Cl)C3)[C@]23C(=O)Nc2cc(Cl)ccc23)CC1. The fourth-order valence-corrected chi connectivity index (χ4v) is 7.93. The summed E-state index contributed by atoms with van der Waals surface area (Å²) < 4.78 is 7.44. The first-order valence-corrected chi connectivity index (χ1v) is 16.0. The largest absolute Gasteiger partial charge is 0.490 e. The predicted molar refractivity (Wildman–Crippen MR) is 170 cm³/mol. The van der Waals surface area contributed by atoms with Crippen molar-refractivity contribution >= 4 is 62.7 Å². The quantitative estimate of drug-likeness (QED) is 0.390. The standard InChI is InChI=1S/C32H33BrCl2N4O4/c1-38(2)31(42)39-12-10-22(11-13-39)43-27-9-6-19(33)15-23(27)29-32(24-8-7-21(35)16-26(24)36-30(32)41)25(17-28(40)37-29)18-4-3-5-20(34)14-18/h3-9,15-16,18,22,25,29H,10-14,17H2,1-2H3,(H,36,41)(H,37,40)/t18?,25-,29+,32-/m0/s1. The van der Waals surface area contributed by atoms with Gasteiger partial charge in [-0.15, -0.1) is 0 Å². The van der Waals surface area contributed by atoms with Gasteiger partial charge in [-0.3, -0.25) is 9.59 Å². The molecule has 2 N–H and O–H groups in total. The average molecular weight is 688 g/mol. The van der Waals surface area contributed by atoms with Crippen LogP contribution in [0.4, 0.5) is 10.5 Å². The van der Waals surface area contributed by atoms with Crippen molar-refractivity contribution in [2.75, 3.05) is 32.5 Å². The normalized spacial score (nSPS) is 27.0.